The molecule has 0 radical (unpaired) electrons. The number of hydrogen-bond donors (Lipinski definition) is 2. The molecule has 0 saturated heterocycles. The number of ether oxygens (including phenoxy) is 2. The molecule has 2 N–H and O–H groups in total. The fourth-order valence-electron chi connectivity index (χ4n) is 1.63. The fourth-order valence-corrected chi connectivity index (χ4v) is 1.63. The van der Waals surface area contributed by atoms with Crippen molar-refractivity contribution in [3.05, 3.63) is 54.5 Å². The van der Waals surface area contributed by atoms with Crippen molar-refractivity contribution in [3.8, 4) is 11.5 Å². The lowest BCUT2D eigenvalue weighted by molar-refractivity contribution is -0.128. The minimum absolute atomic E-state index is 0.261. The van der Waals surface area contributed by atoms with Crippen LogP contribution in [0.3, 0.4) is 0 Å². The molecule has 1 aromatic carbocycles. The summed E-state index contributed by atoms with van der Waals surface area (Å²) in [7, 11) is 1.51. The lowest BCUT2D eigenvalue weighted by atomic mass is 10.3. The zero-order valence-electron chi connectivity index (χ0n) is 12.4. The number of rotatable bonds is 6. The Hall–Kier alpha value is -3.22. The van der Waals surface area contributed by atoms with Gasteiger partial charge in [-0.1, -0.05) is 12.1 Å². The summed E-state index contributed by atoms with van der Waals surface area (Å²) in [6.45, 7) is -0.261. The topological polar surface area (TPSA) is 89.8 Å². The van der Waals surface area contributed by atoms with Crippen molar-refractivity contribution in [3.63, 3.8) is 0 Å². The lowest BCUT2D eigenvalue weighted by Crippen LogP contribution is -2.43. The number of furan rings is 1. The van der Waals surface area contributed by atoms with Gasteiger partial charge < -0.3 is 13.9 Å². The fraction of sp³-hybridized carbons (Fsp3) is 0.125. The third-order valence-electron chi connectivity index (χ3n) is 2.70. The minimum atomic E-state index is -0.504. The molecular formula is C16H16N2O5. The monoisotopic (exact) mass is 316 g/mol. The van der Waals surface area contributed by atoms with Gasteiger partial charge in [-0.15, -0.1) is 0 Å². The number of carbonyl (C=O) groups is 2. The first kappa shape index (κ1) is 16.2. The molecule has 2 aromatic rings. The Morgan fingerprint density at radius 1 is 1.13 bits per heavy atom. The smallest absolute Gasteiger partial charge is 0.276 e. The molecule has 0 unspecified atom stereocenters. The average molecular weight is 316 g/mol. The molecule has 0 atom stereocenters. The van der Waals surface area contributed by atoms with Gasteiger partial charge in [-0.3, -0.25) is 20.4 Å². The molecule has 7 heteroatoms. The predicted octanol–water partition coefficient (Wildman–Crippen LogP) is 1.53. The van der Waals surface area contributed by atoms with Crippen molar-refractivity contribution in [2.45, 2.75) is 0 Å². The van der Waals surface area contributed by atoms with Crippen LogP contribution in [0.4, 0.5) is 0 Å². The van der Waals surface area contributed by atoms with Crippen LogP contribution >= 0.6 is 0 Å². The molecule has 2 rings (SSSR count). The molecule has 0 aliphatic heterocycles. The van der Waals surface area contributed by atoms with Crippen molar-refractivity contribution in [2.24, 2.45) is 0 Å². The molecule has 0 saturated carbocycles. The van der Waals surface area contributed by atoms with Crippen molar-refractivity contribution in [1.82, 2.24) is 10.9 Å². The second kappa shape index (κ2) is 8.28. The number of hydrogen-bond acceptors (Lipinski definition) is 5. The molecule has 0 bridgehead atoms. The summed E-state index contributed by atoms with van der Waals surface area (Å²) in [6.07, 6.45) is 4.21. The Morgan fingerprint density at radius 3 is 2.61 bits per heavy atom. The van der Waals surface area contributed by atoms with Crippen LogP contribution in [-0.2, 0) is 9.59 Å². The van der Waals surface area contributed by atoms with E-state index in [2.05, 4.69) is 10.9 Å². The van der Waals surface area contributed by atoms with Crippen LogP contribution < -0.4 is 20.3 Å². The van der Waals surface area contributed by atoms with Gasteiger partial charge in [0, 0.05) is 6.08 Å². The number of amides is 2. The molecule has 0 aliphatic rings. The number of nitrogens with one attached hydrogen (secondary N) is 2. The van der Waals surface area contributed by atoms with E-state index in [1.807, 2.05) is 0 Å². The molecule has 0 aliphatic carbocycles. The van der Waals surface area contributed by atoms with Crippen LogP contribution in [0.15, 0.2) is 53.2 Å². The van der Waals surface area contributed by atoms with Gasteiger partial charge in [-0.05, 0) is 30.3 Å². The van der Waals surface area contributed by atoms with Crippen LogP contribution in [0.1, 0.15) is 5.76 Å². The molecule has 7 nitrogen and oxygen atoms in total. The van der Waals surface area contributed by atoms with Crippen LogP contribution in [-0.4, -0.2) is 25.5 Å². The summed E-state index contributed by atoms with van der Waals surface area (Å²) in [5, 5.41) is 0. The molecule has 2 amide bonds. The molecule has 0 spiro atoms. The van der Waals surface area contributed by atoms with Crippen LogP contribution in [0.5, 0.6) is 11.5 Å². The van der Waals surface area contributed by atoms with Gasteiger partial charge in [0.25, 0.3) is 11.8 Å². The molecule has 1 aromatic heterocycles. The number of benzene rings is 1. The summed E-state index contributed by atoms with van der Waals surface area (Å²) in [5.41, 5.74) is 4.47. The number of hydrazine groups is 1. The van der Waals surface area contributed by atoms with Crippen molar-refractivity contribution >= 4 is 17.9 Å². The maximum Gasteiger partial charge on any atom is 0.276 e. The highest BCUT2D eigenvalue weighted by Gasteiger charge is 2.07. The van der Waals surface area contributed by atoms with Crippen LogP contribution in [0, 0.1) is 0 Å². The number of methoxy groups -OCH3 is 1. The zero-order chi connectivity index (χ0) is 16.5. The lowest BCUT2D eigenvalue weighted by Gasteiger charge is -2.10. The van der Waals surface area contributed by atoms with Crippen molar-refractivity contribution in [2.75, 3.05) is 13.7 Å². The highest BCUT2D eigenvalue weighted by Crippen LogP contribution is 2.25. The molecule has 0 fully saturated rings. The van der Waals surface area contributed by atoms with E-state index < -0.39 is 11.8 Å². The van der Waals surface area contributed by atoms with Gasteiger partial charge in [0.1, 0.15) is 5.76 Å². The van der Waals surface area contributed by atoms with E-state index in [-0.39, 0.29) is 6.61 Å². The highest BCUT2D eigenvalue weighted by molar-refractivity contribution is 5.92. The normalized spacial score (nSPS) is 10.3. The maximum atomic E-state index is 11.6. The van der Waals surface area contributed by atoms with E-state index in [1.165, 1.54) is 25.5 Å². The van der Waals surface area contributed by atoms with E-state index in [0.717, 1.165) is 0 Å². The van der Waals surface area contributed by atoms with Crippen molar-refractivity contribution < 1.29 is 23.5 Å². The SMILES string of the molecule is COc1ccccc1OCC(=O)NNC(=O)C=Cc1ccco1. The average Bonchev–Trinajstić information content (AvgIpc) is 3.10. The Bertz CT molecular complexity index is 680. The molecule has 1 heterocycles. The Balaban J connectivity index is 1.73. The minimum Gasteiger partial charge on any atom is -0.493 e. The second-order valence-electron chi connectivity index (χ2n) is 4.33. The predicted molar refractivity (Wildman–Crippen MR) is 82.5 cm³/mol. The van der Waals surface area contributed by atoms with Gasteiger partial charge in [0.05, 0.1) is 13.4 Å². The van der Waals surface area contributed by atoms with Gasteiger partial charge in [-0.25, -0.2) is 0 Å². The van der Waals surface area contributed by atoms with E-state index in [9.17, 15) is 9.59 Å². The van der Waals surface area contributed by atoms with Crippen molar-refractivity contribution in [1.29, 1.82) is 0 Å². The summed E-state index contributed by atoms with van der Waals surface area (Å²) in [6, 6.07) is 10.3. The first-order chi connectivity index (χ1) is 11.2. The Labute approximate surface area is 132 Å². The highest BCUT2D eigenvalue weighted by atomic mass is 16.5. The molecular weight excluding hydrogens is 300 g/mol. The van der Waals surface area contributed by atoms with Gasteiger partial charge in [-0.2, -0.15) is 0 Å². The van der Waals surface area contributed by atoms with Gasteiger partial charge in [0.15, 0.2) is 18.1 Å². The number of carbonyl (C=O) groups excluding carboxylic acids is 2. The molecule has 120 valence electrons. The third-order valence-corrected chi connectivity index (χ3v) is 2.70. The maximum absolute atomic E-state index is 11.6. The standard InChI is InChI=1S/C16H16N2O5/c1-21-13-6-2-3-7-14(13)23-11-16(20)18-17-15(19)9-8-12-5-4-10-22-12/h2-10H,11H2,1H3,(H,17,19)(H,18,20). The van der Waals surface area contributed by atoms with E-state index in [0.29, 0.717) is 17.3 Å². The summed E-state index contributed by atoms with van der Waals surface area (Å²) >= 11 is 0. The quantitative estimate of drug-likeness (QED) is 0.623. The largest absolute Gasteiger partial charge is 0.493 e. The first-order valence-corrected chi connectivity index (χ1v) is 6.75. The van der Waals surface area contributed by atoms with Gasteiger partial charge >= 0.3 is 0 Å². The van der Waals surface area contributed by atoms with Crippen LogP contribution in [0.25, 0.3) is 6.08 Å². The first-order valence-electron chi connectivity index (χ1n) is 6.75. The van der Waals surface area contributed by atoms with Gasteiger partial charge in [0.2, 0.25) is 0 Å². The summed E-state index contributed by atoms with van der Waals surface area (Å²) in [4.78, 5) is 23.1. The Morgan fingerprint density at radius 2 is 1.91 bits per heavy atom. The third kappa shape index (κ3) is 5.24. The summed E-state index contributed by atoms with van der Waals surface area (Å²) < 4.78 is 15.5. The number of para-hydroxylation sites is 2. The zero-order valence-corrected chi connectivity index (χ0v) is 12.4. The van der Waals surface area contributed by atoms with E-state index >= 15 is 0 Å². The summed E-state index contributed by atoms with van der Waals surface area (Å²) in [5.74, 6) is 0.494. The van der Waals surface area contributed by atoms with E-state index in [4.69, 9.17) is 13.9 Å². The van der Waals surface area contributed by atoms with E-state index in [1.54, 1.807) is 36.4 Å². The van der Waals surface area contributed by atoms with Crippen LogP contribution in [0.2, 0.25) is 0 Å². The second-order valence-corrected chi connectivity index (χ2v) is 4.33. The Kier molecular flexibility index (Phi) is 5.81. The molecule has 23 heavy (non-hydrogen) atoms.